The fourth-order valence-corrected chi connectivity index (χ4v) is 0.834. The van der Waals surface area contributed by atoms with E-state index in [4.69, 9.17) is 0 Å². The number of hydrogen-bond donors (Lipinski definition) is 1. The van der Waals surface area contributed by atoms with Gasteiger partial charge in [-0.05, 0) is 5.92 Å². The Morgan fingerprint density at radius 1 is 1.33 bits per heavy atom. The molecule has 1 N–H and O–H groups in total. The molecule has 0 aromatic heterocycles. The smallest absolute Gasteiger partial charge is 0.315 e. The summed E-state index contributed by atoms with van der Waals surface area (Å²) < 4.78 is 23.8. The highest BCUT2D eigenvalue weighted by Crippen LogP contribution is 1.98. The molecule has 2 amide bonds. The molecule has 0 saturated carbocycles. The maximum atomic E-state index is 11.9. The first-order valence-electron chi connectivity index (χ1n) is 4.64. The summed E-state index contributed by atoms with van der Waals surface area (Å²) >= 11 is 0. The van der Waals surface area contributed by atoms with Gasteiger partial charge in [0.15, 0.2) is 0 Å². The van der Waals surface area contributed by atoms with Crippen LogP contribution in [0.2, 0.25) is 0 Å². The Morgan fingerprint density at radius 3 is 2.27 bits per heavy atom. The van der Waals surface area contributed by atoms with Gasteiger partial charge >= 0.3 is 6.43 Å². The fraction of sp³-hybridized carbons (Fsp3) is 0.778. The number of rotatable bonds is 5. The molecule has 4 nitrogen and oxygen atoms in total. The maximum Gasteiger partial charge on any atom is 0.315 e. The van der Waals surface area contributed by atoms with E-state index in [1.54, 1.807) is 0 Å². The number of amides is 2. The van der Waals surface area contributed by atoms with Crippen molar-refractivity contribution >= 4 is 11.8 Å². The van der Waals surface area contributed by atoms with Gasteiger partial charge in [0.25, 0.3) is 5.91 Å². The van der Waals surface area contributed by atoms with E-state index < -0.39 is 18.2 Å². The first kappa shape index (κ1) is 13.8. The van der Waals surface area contributed by atoms with Gasteiger partial charge < -0.3 is 10.2 Å². The minimum atomic E-state index is -3.06. The Hall–Kier alpha value is -1.20. The second kappa shape index (κ2) is 6.31. The molecule has 0 bridgehead atoms. The van der Waals surface area contributed by atoms with Gasteiger partial charge in [0.1, 0.15) is 0 Å². The fourth-order valence-electron chi connectivity index (χ4n) is 0.834. The molecule has 0 aromatic rings. The first-order valence-corrected chi connectivity index (χ1v) is 4.64. The number of carbonyl (C=O) groups excluding carboxylic acids is 2. The highest BCUT2D eigenvalue weighted by molar-refractivity contribution is 5.85. The SMILES string of the molecule is CC(C)CNC(=O)CN(C)C(=O)C(F)F. The molecule has 0 aliphatic heterocycles. The van der Waals surface area contributed by atoms with Crippen LogP contribution in [0.15, 0.2) is 0 Å². The van der Waals surface area contributed by atoms with Crippen molar-refractivity contribution in [2.75, 3.05) is 20.1 Å². The third kappa shape index (κ3) is 5.98. The van der Waals surface area contributed by atoms with E-state index in [-0.39, 0.29) is 12.5 Å². The molecule has 0 saturated heterocycles. The largest absolute Gasteiger partial charge is 0.354 e. The van der Waals surface area contributed by atoms with Crippen molar-refractivity contribution in [3.05, 3.63) is 0 Å². The summed E-state index contributed by atoms with van der Waals surface area (Å²) in [7, 11) is 1.17. The molecular weight excluding hydrogens is 206 g/mol. The van der Waals surface area contributed by atoms with E-state index in [0.29, 0.717) is 11.4 Å². The number of hydrogen-bond acceptors (Lipinski definition) is 2. The van der Waals surface area contributed by atoms with Crippen molar-refractivity contribution in [3.8, 4) is 0 Å². The summed E-state index contributed by atoms with van der Waals surface area (Å²) in [6.07, 6.45) is -3.06. The van der Waals surface area contributed by atoms with Crippen molar-refractivity contribution in [3.63, 3.8) is 0 Å². The van der Waals surface area contributed by atoms with Gasteiger partial charge in [0.2, 0.25) is 5.91 Å². The van der Waals surface area contributed by atoms with E-state index in [9.17, 15) is 18.4 Å². The Bertz CT molecular complexity index is 232. The van der Waals surface area contributed by atoms with E-state index in [1.165, 1.54) is 7.05 Å². The normalized spacial score (nSPS) is 10.6. The Kier molecular flexibility index (Phi) is 5.81. The van der Waals surface area contributed by atoms with Gasteiger partial charge in [0, 0.05) is 13.6 Å². The third-order valence-electron chi connectivity index (χ3n) is 1.65. The molecule has 6 heteroatoms. The van der Waals surface area contributed by atoms with Crippen LogP contribution in [0.1, 0.15) is 13.8 Å². The Morgan fingerprint density at radius 2 is 1.87 bits per heavy atom. The van der Waals surface area contributed by atoms with Crippen molar-refractivity contribution in [1.82, 2.24) is 10.2 Å². The summed E-state index contributed by atoms with van der Waals surface area (Å²) in [6, 6.07) is 0. The highest BCUT2D eigenvalue weighted by atomic mass is 19.3. The second-order valence-corrected chi connectivity index (χ2v) is 3.69. The highest BCUT2D eigenvalue weighted by Gasteiger charge is 2.21. The average Bonchev–Trinajstić information content (AvgIpc) is 2.13. The molecule has 0 aliphatic carbocycles. The van der Waals surface area contributed by atoms with Crippen LogP contribution in [0.5, 0.6) is 0 Å². The monoisotopic (exact) mass is 222 g/mol. The van der Waals surface area contributed by atoms with Gasteiger partial charge in [-0.1, -0.05) is 13.8 Å². The van der Waals surface area contributed by atoms with E-state index in [0.717, 1.165) is 0 Å². The lowest BCUT2D eigenvalue weighted by molar-refractivity contribution is -0.144. The van der Waals surface area contributed by atoms with Crippen molar-refractivity contribution in [2.45, 2.75) is 20.3 Å². The van der Waals surface area contributed by atoms with Crippen molar-refractivity contribution < 1.29 is 18.4 Å². The third-order valence-corrected chi connectivity index (χ3v) is 1.65. The molecule has 15 heavy (non-hydrogen) atoms. The van der Waals surface area contributed by atoms with E-state index in [2.05, 4.69) is 5.32 Å². The van der Waals surface area contributed by atoms with Gasteiger partial charge in [-0.15, -0.1) is 0 Å². The minimum Gasteiger partial charge on any atom is -0.354 e. The number of alkyl halides is 2. The summed E-state index contributed by atoms with van der Waals surface area (Å²) in [5.41, 5.74) is 0. The predicted octanol–water partition coefficient (Wildman–Crippen LogP) is 0.482. The molecule has 0 rings (SSSR count). The summed E-state index contributed by atoms with van der Waals surface area (Å²) in [4.78, 5) is 22.6. The molecule has 0 spiro atoms. The van der Waals surface area contributed by atoms with Crippen molar-refractivity contribution in [2.24, 2.45) is 5.92 Å². The van der Waals surface area contributed by atoms with Gasteiger partial charge in [0.05, 0.1) is 6.54 Å². The van der Waals surface area contributed by atoms with Crippen LogP contribution in [-0.2, 0) is 9.59 Å². The topological polar surface area (TPSA) is 49.4 Å². The van der Waals surface area contributed by atoms with Crippen LogP contribution in [0.25, 0.3) is 0 Å². The van der Waals surface area contributed by atoms with Crippen LogP contribution >= 0.6 is 0 Å². The molecule has 0 aliphatic rings. The lowest BCUT2D eigenvalue weighted by Gasteiger charge is -2.16. The molecular formula is C9H16F2N2O2. The van der Waals surface area contributed by atoms with Gasteiger partial charge in [-0.3, -0.25) is 9.59 Å². The molecule has 0 radical (unpaired) electrons. The zero-order valence-electron chi connectivity index (χ0n) is 9.09. The minimum absolute atomic E-state index is 0.282. The number of carbonyl (C=O) groups is 2. The molecule has 0 unspecified atom stereocenters. The standard InChI is InChI=1S/C9H16F2N2O2/c1-6(2)4-12-7(14)5-13(3)9(15)8(10)11/h6,8H,4-5H2,1-3H3,(H,12,14). The van der Waals surface area contributed by atoms with Crippen LogP contribution < -0.4 is 5.32 Å². The van der Waals surface area contributed by atoms with Gasteiger partial charge in [-0.2, -0.15) is 8.78 Å². The average molecular weight is 222 g/mol. The van der Waals surface area contributed by atoms with Crippen LogP contribution in [0.3, 0.4) is 0 Å². The van der Waals surface area contributed by atoms with E-state index in [1.807, 2.05) is 13.8 Å². The first-order chi connectivity index (χ1) is 6.84. The van der Waals surface area contributed by atoms with E-state index >= 15 is 0 Å². The van der Waals surface area contributed by atoms with Crippen molar-refractivity contribution in [1.29, 1.82) is 0 Å². The Labute approximate surface area is 87.6 Å². The molecule has 0 atom stereocenters. The number of nitrogens with one attached hydrogen (secondary N) is 1. The van der Waals surface area contributed by atoms with Gasteiger partial charge in [-0.25, -0.2) is 0 Å². The quantitative estimate of drug-likeness (QED) is 0.735. The lowest BCUT2D eigenvalue weighted by Crippen LogP contribution is -2.41. The number of nitrogens with zero attached hydrogens (tertiary/aromatic N) is 1. The molecule has 0 fully saturated rings. The summed E-state index contributed by atoms with van der Waals surface area (Å²) in [5, 5.41) is 2.53. The maximum absolute atomic E-state index is 11.9. The molecule has 88 valence electrons. The number of likely N-dealkylation sites (N-methyl/N-ethyl adjacent to an activating group) is 1. The molecule has 0 heterocycles. The van der Waals surface area contributed by atoms with Crippen LogP contribution in [-0.4, -0.2) is 43.3 Å². The second-order valence-electron chi connectivity index (χ2n) is 3.69. The van der Waals surface area contributed by atoms with Crippen LogP contribution in [0.4, 0.5) is 8.78 Å². The molecule has 0 aromatic carbocycles. The number of halogens is 2. The predicted molar refractivity (Wildman–Crippen MR) is 51.5 cm³/mol. The zero-order valence-corrected chi connectivity index (χ0v) is 9.09. The summed E-state index contributed by atoms with van der Waals surface area (Å²) in [5.74, 6) is -1.49. The summed E-state index contributed by atoms with van der Waals surface area (Å²) in [6.45, 7) is 3.95. The zero-order chi connectivity index (χ0) is 12.0. The Balaban J connectivity index is 3.91. The lowest BCUT2D eigenvalue weighted by atomic mass is 10.2. The van der Waals surface area contributed by atoms with Crippen LogP contribution in [0, 0.1) is 5.92 Å².